The number of ketones is 1. The third kappa shape index (κ3) is 2.53. The van der Waals surface area contributed by atoms with Crippen LogP contribution in [0.5, 0.6) is 0 Å². The molecule has 1 rings (SSSR count). The summed E-state index contributed by atoms with van der Waals surface area (Å²) in [5.74, 6) is 0.0257. The first-order chi connectivity index (χ1) is 6.97. The molecule has 0 N–H and O–H groups in total. The van der Waals surface area contributed by atoms with Crippen molar-refractivity contribution in [3.63, 3.8) is 0 Å². The van der Waals surface area contributed by atoms with Crippen molar-refractivity contribution in [2.45, 2.75) is 33.7 Å². The van der Waals surface area contributed by atoms with Crippen molar-refractivity contribution < 1.29 is 4.79 Å². The number of aryl methyl sites for hydroxylation is 1. The predicted molar refractivity (Wildman–Crippen MR) is 61.0 cm³/mol. The Hall–Kier alpha value is -0.970. The molecule has 1 aromatic heterocycles. The molecule has 0 atom stereocenters. The van der Waals surface area contributed by atoms with Crippen LogP contribution in [0.2, 0.25) is 0 Å². The van der Waals surface area contributed by atoms with E-state index in [0.29, 0.717) is 12.1 Å². The van der Waals surface area contributed by atoms with Crippen molar-refractivity contribution in [1.29, 1.82) is 0 Å². The van der Waals surface area contributed by atoms with Crippen LogP contribution >= 0.6 is 15.9 Å². The molecule has 0 aromatic carbocycles. The molecule has 0 aliphatic rings. The minimum atomic E-state index is -0.366. The summed E-state index contributed by atoms with van der Waals surface area (Å²) in [4.78, 5) is 26.7. The molecule has 0 saturated carbocycles. The minimum Gasteiger partial charge on any atom is -0.298 e. The Morgan fingerprint density at radius 1 is 1.47 bits per heavy atom. The Morgan fingerprint density at radius 2 is 2.07 bits per heavy atom. The molecule has 0 amide bonds. The Labute approximate surface area is 96.5 Å². The highest BCUT2D eigenvalue weighted by molar-refractivity contribution is 9.10. The van der Waals surface area contributed by atoms with Gasteiger partial charge in [-0.1, -0.05) is 6.92 Å². The van der Waals surface area contributed by atoms with Gasteiger partial charge in [0, 0.05) is 12.1 Å². The van der Waals surface area contributed by atoms with Crippen molar-refractivity contribution in [2.75, 3.05) is 0 Å². The number of carbonyl (C=O) groups excluding carboxylic acids is 1. The smallest absolute Gasteiger partial charge is 0.298 e. The fraction of sp³-hybridized carbons (Fsp3) is 0.500. The fourth-order valence-corrected chi connectivity index (χ4v) is 1.55. The SMILES string of the molecule is CCC(=O)Cn1c(C)c(Br)c(C)nc1=O. The first kappa shape index (κ1) is 12.1. The Kier molecular flexibility index (Phi) is 3.79. The van der Waals surface area contributed by atoms with Gasteiger partial charge in [0.1, 0.15) is 0 Å². The summed E-state index contributed by atoms with van der Waals surface area (Å²) >= 11 is 3.34. The Morgan fingerprint density at radius 3 is 2.60 bits per heavy atom. The number of aromatic nitrogens is 2. The van der Waals surface area contributed by atoms with Crippen molar-refractivity contribution in [3.05, 3.63) is 26.3 Å². The monoisotopic (exact) mass is 272 g/mol. The molecule has 5 heteroatoms. The van der Waals surface area contributed by atoms with Crippen LogP contribution in [-0.2, 0) is 11.3 Å². The molecule has 0 aliphatic carbocycles. The second-order valence-corrected chi connectivity index (χ2v) is 4.15. The lowest BCUT2D eigenvalue weighted by Crippen LogP contribution is -2.29. The fourth-order valence-electron chi connectivity index (χ4n) is 1.25. The van der Waals surface area contributed by atoms with Crippen molar-refractivity contribution in [1.82, 2.24) is 9.55 Å². The zero-order chi connectivity index (χ0) is 11.6. The molecular weight excluding hydrogens is 260 g/mol. The quantitative estimate of drug-likeness (QED) is 0.840. The number of nitrogens with zero attached hydrogens (tertiary/aromatic N) is 2. The number of hydrogen-bond donors (Lipinski definition) is 0. The Balaban J connectivity index is 3.24. The maximum atomic E-state index is 11.5. The first-order valence-corrected chi connectivity index (χ1v) is 5.52. The van der Waals surface area contributed by atoms with Crippen LogP contribution in [0.4, 0.5) is 0 Å². The number of Topliss-reactive ketones (excluding diaryl/α,β-unsaturated/α-hetero) is 1. The van der Waals surface area contributed by atoms with E-state index in [1.807, 2.05) is 0 Å². The second-order valence-electron chi connectivity index (χ2n) is 3.36. The van der Waals surface area contributed by atoms with Gasteiger partial charge in [0.2, 0.25) is 0 Å². The summed E-state index contributed by atoms with van der Waals surface area (Å²) < 4.78 is 2.18. The maximum Gasteiger partial charge on any atom is 0.348 e. The molecule has 0 fully saturated rings. The van der Waals surface area contributed by atoms with Gasteiger partial charge in [-0.05, 0) is 29.8 Å². The second kappa shape index (κ2) is 4.70. The summed E-state index contributed by atoms with van der Waals surface area (Å²) in [5.41, 5.74) is 1.03. The highest BCUT2D eigenvalue weighted by Crippen LogP contribution is 2.16. The van der Waals surface area contributed by atoms with Crippen LogP contribution in [0, 0.1) is 13.8 Å². The van der Waals surface area contributed by atoms with Gasteiger partial charge in [0.25, 0.3) is 0 Å². The number of carbonyl (C=O) groups is 1. The lowest BCUT2D eigenvalue weighted by atomic mass is 10.3. The van der Waals surface area contributed by atoms with Crippen LogP contribution in [0.1, 0.15) is 24.7 Å². The van der Waals surface area contributed by atoms with Gasteiger partial charge in [0.15, 0.2) is 5.78 Å². The average molecular weight is 273 g/mol. The molecule has 82 valence electrons. The van der Waals surface area contributed by atoms with Crippen LogP contribution < -0.4 is 5.69 Å². The summed E-state index contributed by atoms with van der Waals surface area (Å²) in [6.45, 7) is 5.43. The summed E-state index contributed by atoms with van der Waals surface area (Å²) in [7, 11) is 0. The standard InChI is InChI=1S/C10H13BrN2O2/c1-4-8(14)5-13-7(3)9(11)6(2)12-10(13)15/h4-5H2,1-3H3. The van der Waals surface area contributed by atoms with E-state index in [0.717, 1.165) is 10.2 Å². The lowest BCUT2D eigenvalue weighted by Gasteiger charge is -2.10. The van der Waals surface area contributed by atoms with Crippen molar-refractivity contribution in [2.24, 2.45) is 0 Å². The zero-order valence-electron chi connectivity index (χ0n) is 9.00. The summed E-state index contributed by atoms with van der Waals surface area (Å²) in [6, 6.07) is 0. The maximum absolute atomic E-state index is 11.5. The van der Waals surface area contributed by atoms with Crippen molar-refractivity contribution in [3.8, 4) is 0 Å². The van der Waals surface area contributed by atoms with E-state index in [9.17, 15) is 9.59 Å². The van der Waals surface area contributed by atoms with Crippen LogP contribution in [0.25, 0.3) is 0 Å². The molecule has 1 heterocycles. The normalized spacial score (nSPS) is 10.4. The molecule has 0 saturated heterocycles. The molecule has 0 bridgehead atoms. The predicted octanol–water partition coefficient (Wildman–Crippen LogP) is 1.60. The molecule has 0 radical (unpaired) electrons. The number of rotatable bonds is 3. The van der Waals surface area contributed by atoms with Crippen LogP contribution in [0.15, 0.2) is 9.27 Å². The van der Waals surface area contributed by atoms with Crippen LogP contribution in [0.3, 0.4) is 0 Å². The number of hydrogen-bond acceptors (Lipinski definition) is 3. The zero-order valence-corrected chi connectivity index (χ0v) is 10.6. The van der Waals surface area contributed by atoms with E-state index in [-0.39, 0.29) is 18.0 Å². The molecular formula is C10H13BrN2O2. The third-order valence-electron chi connectivity index (χ3n) is 2.26. The van der Waals surface area contributed by atoms with Gasteiger partial charge in [0.05, 0.1) is 16.7 Å². The van der Waals surface area contributed by atoms with Crippen LogP contribution in [-0.4, -0.2) is 15.3 Å². The highest BCUT2D eigenvalue weighted by atomic mass is 79.9. The van der Waals surface area contributed by atoms with Gasteiger partial charge >= 0.3 is 5.69 Å². The summed E-state index contributed by atoms with van der Waals surface area (Å²) in [6.07, 6.45) is 0.428. The van der Waals surface area contributed by atoms with E-state index < -0.39 is 0 Å². The molecule has 0 unspecified atom stereocenters. The third-order valence-corrected chi connectivity index (χ3v) is 3.41. The topological polar surface area (TPSA) is 52.0 Å². The molecule has 1 aromatic rings. The Bertz CT molecular complexity index is 451. The van der Waals surface area contributed by atoms with E-state index in [1.165, 1.54) is 4.57 Å². The van der Waals surface area contributed by atoms with Gasteiger partial charge in [-0.15, -0.1) is 0 Å². The molecule has 15 heavy (non-hydrogen) atoms. The molecule has 4 nitrogen and oxygen atoms in total. The first-order valence-electron chi connectivity index (χ1n) is 4.72. The van der Waals surface area contributed by atoms with E-state index in [4.69, 9.17) is 0 Å². The van der Waals surface area contributed by atoms with E-state index in [2.05, 4.69) is 20.9 Å². The van der Waals surface area contributed by atoms with Gasteiger partial charge < -0.3 is 0 Å². The summed E-state index contributed by atoms with van der Waals surface area (Å²) in [5, 5.41) is 0. The minimum absolute atomic E-state index is 0.0257. The number of halogens is 1. The van der Waals surface area contributed by atoms with Gasteiger partial charge in [-0.3, -0.25) is 9.36 Å². The van der Waals surface area contributed by atoms with E-state index in [1.54, 1.807) is 20.8 Å². The van der Waals surface area contributed by atoms with Gasteiger partial charge in [-0.2, -0.15) is 4.98 Å². The van der Waals surface area contributed by atoms with Gasteiger partial charge in [-0.25, -0.2) is 4.79 Å². The van der Waals surface area contributed by atoms with E-state index >= 15 is 0 Å². The molecule has 0 aliphatic heterocycles. The molecule has 0 spiro atoms. The van der Waals surface area contributed by atoms with Crippen molar-refractivity contribution >= 4 is 21.7 Å². The average Bonchev–Trinajstić information content (AvgIpc) is 2.21. The highest BCUT2D eigenvalue weighted by Gasteiger charge is 2.11. The lowest BCUT2D eigenvalue weighted by molar-refractivity contribution is -0.119. The largest absolute Gasteiger partial charge is 0.348 e.